The average Bonchev–Trinajstić information content (AvgIpc) is 2.90. The zero-order valence-electron chi connectivity index (χ0n) is 13.9. The number of amides is 1. The minimum Gasteiger partial charge on any atom is -0.312 e. The van der Waals surface area contributed by atoms with Crippen LogP contribution in [0.15, 0.2) is 18.2 Å². The Kier molecular flexibility index (Phi) is 5.55. The fraction of sp³-hybridized carbons (Fsp3) is 0.333. The van der Waals surface area contributed by atoms with Gasteiger partial charge in [-0.25, -0.2) is 0 Å². The lowest BCUT2D eigenvalue weighted by Crippen LogP contribution is -2.13. The number of halogens is 1. The maximum atomic E-state index is 12.6. The van der Waals surface area contributed by atoms with Crippen LogP contribution in [-0.2, 0) is 12.8 Å². The highest BCUT2D eigenvalue weighted by molar-refractivity contribution is 7.16. The van der Waals surface area contributed by atoms with Crippen LogP contribution in [0.25, 0.3) is 0 Å². The van der Waals surface area contributed by atoms with Gasteiger partial charge in [0.05, 0.1) is 21.1 Å². The van der Waals surface area contributed by atoms with Crippen molar-refractivity contribution in [3.63, 3.8) is 0 Å². The van der Waals surface area contributed by atoms with Gasteiger partial charge in [0.25, 0.3) is 11.6 Å². The summed E-state index contributed by atoms with van der Waals surface area (Å²) in [5.41, 5.74) is 1.34. The Balaban J connectivity index is 1.93. The number of carbonyl (C=O) groups excluding carboxylic acids is 1. The highest BCUT2D eigenvalue weighted by Crippen LogP contribution is 2.37. The number of carbonyl (C=O) groups is 1. The summed E-state index contributed by atoms with van der Waals surface area (Å²) < 4.78 is 0. The van der Waals surface area contributed by atoms with Crippen LogP contribution in [0.3, 0.4) is 0 Å². The van der Waals surface area contributed by atoms with E-state index in [-0.39, 0.29) is 16.3 Å². The largest absolute Gasteiger partial charge is 0.312 e. The molecule has 6 nitrogen and oxygen atoms in total. The highest BCUT2D eigenvalue weighted by Gasteiger charge is 2.22. The van der Waals surface area contributed by atoms with E-state index in [1.807, 2.05) is 0 Å². The Morgan fingerprint density at radius 3 is 2.69 bits per heavy atom. The number of non-ortho nitro benzene ring substituents is 1. The van der Waals surface area contributed by atoms with Gasteiger partial charge in [-0.15, -0.1) is 11.3 Å². The summed E-state index contributed by atoms with van der Waals surface area (Å²) in [4.78, 5) is 24.1. The van der Waals surface area contributed by atoms with Crippen LogP contribution in [0.2, 0.25) is 5.02 Å². The third-order valence-electron chi connectivity index (χ3n) is 4.42. The summed E-state index contributed by atoms with van der Waals surface area (Å²) in [5, 5.41) is 23.9. The second-order valence-corrected chi connectivity index (χ2v) is 7.62. The quantitative estimate of drug-likeness (QED) is 0.583. The molecule has 2 aromatic rings. The number of hydrogen-bond donors (Lipinski definition) is 1. The minimum absolute atomic E-state index is 0.0190. The minimum atomic E-state index is -0.579. The van der Waals surface area contributed by atoms with Crippen molar-refractivity contribution >= 4 is 39.5 Å². The molecule has 26 heavy (non-hydrogen) atoms. The summed E-state index contributed by atoms with van der Waals surface area (Å²) in [6, 6.07) is 5.93. The van der Waals surface area contributed by atoms with Crippen LogP contribution in [0.5, 0.6) is 0 Å². The van der Waals surface area contributed by atoms with E-state index < -0.39 is 10.8 Å². The second kappa shape index (κ2) is 7.85. The van der Waals surface area contributed by atoms with Gasteiger partial charge < -0.3 is 5.32 Å². The molecule has 1 aromatic carbocycles. The molecule has 1 amide bonds. The number of aryl methyl sites for hydroxylation is 1. The van der Waals surface area contributed by atoms with Gasteiger partial charge in [0.2, 0.25) is 0 Å². The van der Waals surface area contributed by atoms with Crippen molar-refractivity contribution in [2.75, 3.05) is 5.32 Å². The normalized spacial score (nSPS) is 13.8. The van der Waals surface area contributed by atoms with E-state index in [9.17, 15) is 20.2 Å². The van der Waals surface area contributed by atoms with E-state index in [2.05, 4.69) is 11.4 Å². The molecule has 1 heterocycles. The predicted molar refractivity (Wildman–Crippen MR) is 101 cm³/mol. The van der Waals surface area contributed by atoms with Gasteiger partial charge in [0, 0.05) is 17.0 Å². The lowest BCUT2D eigenvalue weighted by Gasteiger charge is -2.08. The molecule has 0 fully saturated rings. The van der Waals surface area contributed by atoms with Crippen LogP contribution in [0, 0.1) is 21.4 Å². The Labute approximate surface area is 159 Å². The zero-order chi connectivity index (χ0) is 18.7. The number of rotatable bonds is 3. The van der Waals surface area contributed by atoms with Gasteiger partial charge in [-0.1, -0.05) is 24.4 Å². The van der Waals surface area contributed by atoms with Gasteiger partial charge >= 0.3 is 0 Å². The smallest absolute Gasteiger partial charge is 0.270 e. The highest BCUT2D eigenvalue weighted by atomic mass is 35.5. The number of fused-ring (bicyclic) bond motifs is 1. The summed E-state index contributed by atoms with van der Waals surface area (Å²) in [6.07, 6.45) is 6.16. The zero-order valence-corrected chi connectivity index (χ0v) is 15.5. The van der Waals surface area contributed by atoms with Crippen molar-refractivity contribution in [1.29, 1.82) is 5.26 Å². The molecule has 134 valence electrons. The SMILES string of the molecule is N#Cc1c(NC(=O)c2cc([N+](=O)[O-])ccc2Cl)sc2c1CCCCCC2. The van der Waals surface area contributed by atoms with Gasteiger partial charge in [0.15, 0.2) is 0 Å². The molecule has 3 rings (SSSR count). The fourth-order valence-electron chi connectivity index (χ4n) is 3.10. The maximum absolute atomic E-state index is 12.6. The van der Waals surface area contributed by atoms with Gasteiger partial charge in [0.1, 0.15) is 11.1 Å². The van der Waals surface area contributed by atoms with Crippen molar-refractivity contribution in [3.8, 4) is 6.07 Å². The van der Waals surface area contributed by atoms with Crippen molar-refractivity contribution in [3.05, 3.63) is 54.9 Å². The van der Waals surface area contributed by atoms with Crippen LogP contribution in [-0.4, -0.2) is 10.8 Å². The fourth-order valence-corrected chi connectivity index (χ4v) is 4.54. The first-order chi connectivity index (χ1) is 12.5. The number of benzene rings is 1. The molecule has 0 bridgehead atoms. The molecular weight excluding hydrogens is 374 g/mol. The van der Waals surface area contributed by atoms with Crippen LogP contribution in [0.1, 0.15) is 52.0 Å². The van der Waals surface area contributed by atoms with E-state index in [0.717, 1.165) is 48.6 Å². The van der Waals surface area contributed by atoms with E-state index in [0.29, 0.717) is 10.6 Å². The van der Waals surface area contributed by atoms with E-state index in [4.69, 9.17) is 11.6 Å². The lowest BCUT2D eigenvalue weighted by atomic mass is 9.97. The number of hydrogen-bond acceptors (Lipinski definition) is 5. The first kappa shape index (κ1) is 18.4. The number of thiophene rings is 1. The van der Waals surface area contributed by atoms with Crippen LogP contribution in [0.4, 0.5) is 10.7 Å². The first-order valence-electron chi connectivity index (χ1n) is 8.31. The van der Waals surface area contributed by atoms with Gasteiger partial charge in [-0.3, -0.25) is 14.9 Å². The molecule has 8 heteroatoms. The second-order valence-electron chi connectivity index (χ2n) is 6.11. The third kappa shape index (κ3) is 3.71. The molecule has 0 radical (unpaired) electrons. The van der Waals surface area contributed by atoms with Crippen molar-refractivity contribution in [2.45, 2.75) is 38.5 Å². The monoisotopic (exact) mass is 389 g/mol. The van der Waals surface area contributed by atoms with E-state index >= 15 is 0 Å². The topological polar surface area (TPSA) is 96.0 Å². The Bertz CT molecular complexity index is 917. The van der Waals surface area contributed by atoms with Crippen molar-refractivity contribution < 1.29 is 9.72 Å². The Morgan fingerprint density at radius 2 is 2.00 bits per heavy atom. The van der Waals surface area contributed by atoms with Crippen LogP contribution >= 0.6 is 22.9 Å². The number of nitro benzene ring substituents is 1. The molecule has 1 aromatic heterocycles. The standard InChI is InChI=1S/C18H16ClN3O3S/c19-15-8-7-11(22(24)25)9-13(15)17(23)21-18-14(10-20)12-5-3-1-2-4-6-16(12)26-18/h7-9H,1-6H2,(H,21,23). The van der Waals surface area contributed by atoms with E-state index in [1.165, 1.54) is 29.9 Å². The molecule has 0 aliphatic heterocycles. The maximum Gasteiger partial charge on any atom is 0.270 e. The summed E-state index contributed by atoms with van der Waals surface area (Å²) in [7, 11) is 0. The Hall–Kier alpha value is -2.43. The first-order valence-corrected chi connectivity index (χ1v) is 9.50. The number of nitrogens with zero attached hydrogens (tertiary/aromatic N) is 2. The van der Waals surface area contributed by atoms with E-state index in [1.54, 1.807) is 0 Å². The van der Waals surface area contributed by atoms with Gasteiger partial charge in [-0.2, -0.15) is 5.26 Å². The van der Waals surface area contributed by atoms with Gasteiger partial charge in [-0.05, 0) is 37.3 Å². The summed E-state index contributed by atoms with van der Waals surface area (Å²) in [6.45, 7) is 0. The Morgan fingerprint density at radius 1 is 1.27 bits per heavy atom. The van der Waals surface area contributed by atoms with Crippen molar-refractivity contribution in [2.24, 2.45) is 0 Å². The number of nitrogens with one attached hydrogen (secondary N) is 1. The molecular formula is C18H16ClN3O3S. The molecule has 0 atom stereocenters. The molecule has 0 saturated carbocycles. The summed E-state index contributed by atoms with van der Waals surface area (Å²) >= 11 is 7.45. The molecule has 1 aliphatic rings. The summed E-state index contributed by atoms with van der Waals surface area (Å²) in [5.74, 6) is -0.551. The van der Waals surface area contributed by atoms with Crippen molar-refractivity contribution in [1.82, 2.24) is 0 Å². The number of nitro groups is 1. The molecule has 1 aliphatic carbocycles. The number of anilines is 1. The van der Waals surface area contributed by atoms with Crippen LogP contribution < -0.4 is 5.32 Å². The molecule has 0 unspecified atom stereocenters. The third-order valence-corrected chi connectivity index (χ3v) is 5.95. The molecule has 1 N–H and O–H groups in total. The average molecular weight is 390 g/mol. The lowest BCUT2D eigenvalue weighted by molar-refractivity contribution is -0.384. The molecule has 0 saturated heterocycles. The predicted octanol–water partition coefficient (Wildman–Crippen LogP) is 5.09. The molecule has 0 spiro atoms. The number of nitriles is 1.